The van der Waals surface area contributed by atoms with Gasteiger partial charge in [-0.1, -0.05) is 30.3 Å². The molecule has 0 aliphatic heterocycles. The molecule has 0 aliphatic carbocycles. The van der Waals surface area contributed by atoms with Crippen molar-refractivity contribution in [2.45, 2.75) is 13.8 Å². The maximum Gasteiger partial charge on any atom is 0.176 e. The molecule has 1 aromatic carbocycles. The van der Waals surface area contributed by atoms with E-state index >= 15 is 0 Å². The molecule has 2 nitrogen and oxygen atoms in total. The van der Waals surface area contributed by atoms with E-state index in [1.54, 1.807) is 0 Å². The van der Waals surface area contributed by atoms with Crippen LogP contribution in [-0.2, 0) is 0 Å². The second kappa shape index (κ2) is 3.22. The third kappa shape index (κ3) is 1.29. The first-order valence-corrected chi connectivity index (χ1v) is 4.54. The van der Waals surface area contributed by atoms with Gasteiger partial charge in [0.2, 0.25) is 0 Å². The topological polar surface area (TPSA) is 33.4 Å². The zero-order chi connectivity index (χ0) is 10.1. The first-order valence-electron chi connectivity index (χ1n) is 4.54. The van der Waals surface area contributed by atoms with E-state index in [2.05, 4.69) is 0 Å². The van der Waals surface area contributed by atoms with Crippen molar-refractivity contribution < 1.29 is 9.52 Å². The fourth-order valence-electron chi connectivity index (χ4n) is 1.40. The standard InChI is InChI=1S/C12H12O2/c1-8-9(2)14-12(11(8)13)10-6-4-3-5-7-10/h3-7,13H,1-2H3. The van der Waals surface area contributed by atoms with Gasteiger partial charge in [0, 0.05) is 11.1 Å². The first-order chi connectivity index (χ1) is 6.70. The van der Waals surface area contributed by atoms with Gasteiger partial charge in [0.05, 0.1) is 0 Å². The summed E-state index contributed by atoms with van der Waals surface area (Å²) >= 11 is 0. The highest BCUT2D eigenvalue weighted by Crippen LogP contribution is 2.35. The van der Waals surface area contributed by atoms with E-state index in [1.807, 2.05) is 44.2 Å². The Hall–Kier alpha value is -1.70. The first kappa shape index (κ1) is 8.88. The molecule has 1 aromatic heterocycles. The molecule has 0 radical (unpaired) electrons. The van der Waals surface area contributed by atoms with Gasteiger partial charge in [-0.2, -0.15) is 0 Å². The molecule has 2 heteroatoms. The van der Waals surface area contributed by atoms with Gasteiger partial charge in [-0.05, 0) is 13.8 Å². The minimum atomic E-state index is 0.244. The van der Waals surface area contributed by atoms with E-state index in [0.29, 0.717) is 5.76 Å². The van der Waals surface area contributed by atoms with Gasteiger partial charge in [0.25, 0.3) is 0 Å². The summed E-state index contributed by atoms with van der Waals surface area (Å²) in [5.41, 5.74) is 1.71. The van der Waals surface area contributed by atoms with Crippen molar-refractivity contribution in [1.29, 1.82) is 0 Å². The van der Waals surface area contributed by atoms with Crippen molar-refractivity contribution in [1.82, 2.24) is 0 Å². The molecule has 2 rings (SSSR count). The zero-order valence-corrected chi connectivity index (χ0v) is 8.24. The van der Waals surface area contributed by atoms with Crippen LogP contribution in [0, 0.1) is 13.8 Å². The third-order valence-electron chi connectivity index (χ3n) is 2.39. The predicted molar refractivity (Wildman–Crippen MR) is 55.3 cm³/mol. The lowest BCUT2D eigenvalue weighted by Gasteiger charge is -1.96. The van der Waals surface area contributed by atoms with E-state index in [4.69, 9.17) is 4.42 Å². The molecule has 0 fully saturated rings. The summed E-state index contributed by atoms with van der Waals surface area (Å²) in [7, 11) is 0. The summed E-state index contributed by atoms with van der Waals surface area (Å²) < 4.78 is 5.48. The summed E-state index contributed by atoms with van der Waals surface area (Å²) in [6.07, 6.45) is 0. The highest BCUT2D eigenvalue weighted by atomic mass is 16.4. The monoisotopic (exact) mass is 188 g/mol. The number of rotatable bonds is 1. The van der Waals surface area contributed by atoms with Crippen molar-refractivity contribution in [2.75, 3.05) is 0 Å². The molecule has 0 saturated heterocycles. The van der Waals surface area contributed by atoms with Gasteiger partial charge in [-0.3, -0.25) is 0 Å². The Morgan fingerprint density at radius 3 is 2.21 bits per heavy atom. The summed E-state index contributed by atoms with van der Waals surface area (Å²) in [6.45, 7) is 3.70. The number of aromatic hydroxyl groups is 1. The minimum absolute atomic E-state index is 0.244. The second-order valence-corrected chi connectivity index (χ2v) is 3.33. The molecule has 2 aromatic rings. The molecule has 0 saturated carbocycles. The average Bonchev–Trinajstić information content (AvgIpc) is 2.47. The minimum Gasteiger partial charge on any atom is -0.504 e. The normalized spacial score (nSPS) is 10.4. The van der Waals surface area contributed by atoms with Crippen LogP contribution >= 0.6 is 0 Å². The molecule has 72 valence electrons. The van der Waals surface area contributed by atoms with Crippen molar-refractivity contribution in [3.05, 3.63) is 41.7 Å². The molecule has 14 heavy (non-hydrogen) atoms. The number of benzene rings is 1. The quantitative estimate of drug-likeness (QED) is 0.745. The Balaban J connectivity index is 2.58. The lowest BCUT2D eigenvalue weighted by Crippen LogP contribution is -1.73. The molecule has 0 amide bonds. The van der Waals surface area contributed by atoms with Gasteiger partial charge in [-0.15, -0.1) is 0 Å². The van der Waals surface area contributed by atoms with Gasteiger partial charge >= 0.3 is 0 Å². The van der Waals surface area contributed by atoms with Crippen LogP contribution in [0.25, 0.3) is 11.3 Å². The highest BCUT2D eigenvalue weighted by molar-refractivity contribution is 5.66. The van der Waals surface area contributed by atoms with Gasteiger partial charge in [0.15, 0.2) is 11.5 Å². The van der Waals surface area contributed by atoms with E-state index in [0.717, 1.165) is 16.9 Å². The largest absolute Gasteiger partial charge is 0.504 e. The van der Waals surface area contributed by atoms with E-state index in [-0.39, 0.29) is 5.75 Å². The summed E-state index contributed by atoms with van der Waals surface area (Å²) in [6, 6.07) is 9.60. The van der Waals surface area contributed by atoms with Crippen molar-refractivity contribution >= 4 is 0 Å². The Bertz CT molecular complexity index is 441. The van der Waals surface area contributed by atoms with Gasteiger partial charge < -0.3 is 9.52 Å². The van der Waals surface area contributed by atoms with Gasteiger partial charge in [0.1, 0.15) is 5.76 Å². The lowest BCUT2D eigenvalue weighted by molar-refractivity contribution is 0.461. The van der Waals surface area contributed by atoms with E-state index in [1.165, 1.54) is 0 Å². The molecular formula is C12H12O2. The molecule has 0 unspecified atom stereocenters. The Morgan fingerprint density at radius 2 is 1.71 bits per heavy atom. The maximum absolute atomic E-state index is 9.78. The van der Waals surface area contributed by atoms with Crippen LogP contribution in [0.15, 0.2) is 34.7 Å². The number of hydrogen-bond acceptors (Lipinski definition) is 2. The summed E-state index contributed by atoms with van der Waals surface area (Å²) in [5.74, 6) is 1.57. The van der Waals surface area contributed by atoms with Gasteiger partial charge in [-0.25, -0.2) is 0 Å². The van der Waals surface area contributed by atoms with Crippen molar-refractivity contribution in [3.8, 4) is 17.1 Å². The Labute approximate surface area is 82.8 Å². The fourth-order valence-corrected chi connectivity index (χ4v) is 1.40. The van der Waals surface area contributed by atoms with Crippen LogP contribution in [-0.4, -0.2) is 5.11 Å². The van der Waals surface area contributed by atoms with Crippen LogP contribution in [0.5, 0.6) is 5.75 Å². The SMILES string of the molecule is Cc1oc(-c2ccccc2)c(O)c1C. The fraction of sp³-hybridized carbons (Fsp3) is 0.167. The zero-order valence-electron chi connectivity index (χ0n) is 8.24. The molecular weight excluding hydrogens is 176 g/mol. The number of furan rings is 1. The maximum atomic E-state index is 9.78. The van der Waals surface area contributed by atoms with Crippen LogP contribution < -0.4 is 0 Å². The summed E-state index contributed by atoms with van der Waals surface area (Å²) in [5, 5.41) is 9.78. The molecule has 0 spiro atoms. The van der Waals surface area contributed by atoms with Crippen LogP contribution in [0.4, 0.5) is 0 Å². The molecule has 0 atom stereocenters. The predicted octanol–water partition coefficient (Wildman–Crippen LogP) is 3.27. The molecule has 1 N–H and O–H groups in total. The van der Waals surface area contributed by atoms with Crippen molar-refractivity contribution in [3.63, 3.8) is 0 Å². The van der Waals surface area contributed by atoms with Crippen LogP contribution in [0.2, 0.25) is 0 Å². The third-order valence-corrected chi connectivity index (χ3v) is 2.39. The number of hydrogen-bond donors (Lipinski definition) is 1. The summed E-state index contributed by atoms with van der Waals surface area (Å²) in [4.78, 5) is 0. The van der Waals surface area contributed by atoms with Crippen LogP contribution in [0.1, 0.15) is 11.3 Å². The lowest BCUT2D eigenvalue weighted by atomic mass is 10.1. The molecule has 0 aliphatic rings. The molecule has 1 heterocycles. The number of aryl methyl sites for hydroxylation is 1. The van der Waals surface area contributed by atoms with Crippen LogP contribution in [0.3, 0.4) is 0 Å². The van der Waals surface area contributed by atoms with E-state index in [9.17, 15) is 5.11 Å². The Morgan fingerprint density at radius 1 is 1.07 bits per heavy atom. The van der Waals surface area contributed by atoms with Crippen molar-refractivity contribution in [2.24, 2.45) is 0 Å². The average molecular weight is 188 g/mol. The molecule has 0 bridgehead atoms. The Kier molecular flexibility index (Phi) is 2.04. The highest BCUT2D eigenvalue weighted by Gasteiger charge is 2.14. The smallest absolute Gasteiger partial charge is 0.176 e. The van der Waals surface area contributed by atoms with E-state index < -0.39 is 0 Å². The second-order valence-electron chi connectivity index (χ2n) is 3.33.